The molecule has 8 heteroatoms. The summed E-state index contributed by atoms with van der Waals surface area (Å²) in [6, 6.07) is 13.0. The van der Waals surface area contributed by atoms with Gasteiger partial charge in [0.1, 0.15) is 5.75 Å². The van der Waals surface area contributed by atoms with Crippen molar-refractivity contribution < 1.29 is 23.9 Å². The third-order valence-electron chi connectivity index (χ3n) is 4.23. The van der Waals surface area contributed by atoms with Crippen molar-refractivity contribution in [2.24, 2.45) is 0 Å². The molecular weight excluding hydrogens is 426 g/mol. The summed E-state index contributed by atoms with van der Waals surface area (Å²) in [5.41, 5.74) is 1.49. The molecule has 0 radical (unpaired) electrons. The van der Waals surface area contributed by atoms with Crippen LogP contribution < -0.4 is 10.1 Å². The summed E-state index contributed by atoms with van der Waals surface area (Å²) in [7, 11) is 1.46. The van der Waals surface area contributed by atoms with E-state index < -0.39 is 18.5 Å². The molecule has 0 aliphatic rings. The van der Waals surface area contributed by atoms with Crippen LogP contribution in [0.3, 0.4) is 0 Å². The summed E-state index contributed by atoms with van der Waals surface area (Å²) in [5, 5.41) is 4.92. The van der Waals surface area contributed by atoms with Crippen LogP contribution in [-0.2, 0) is 9.53 Å². The number of methoxy groups -OCH3 is 1. The number of ketones is 1. The van der Waals surface area contributed by atoms with E-state index in [0.29, 0.717) is 21.3 Å². The number of amides is 1. The maximum Gasteiger partial charge on any atom is 0.339 e. The third kappa shape index (κ3) is 4.87. The first-order valence-electron chi connectivity index (χ1n) is 8.89. The fourth-order valence-electron chi connectivity index (χ4n) is 2.72. The molecule has 0 atom stereocenters. The number of halogens is 1. The second kappa shape index (κ2) is 9.56. The van der Waals surface area contributed by atoms with Crippen molar-refractivity contribution in [2.75, 3.05) is 19.0 Å². The highest BCUT2D eigenvalue weighted by Crippen LogP contribution is 2.30. The Kier molecular flexibility index (Phi) is 6.87. The van der Waals surface area contributed by atoms with Gasteiger partial charge in [-0.1, -0.05) is 35.9 Å². The number of carbonyl (C=O) groups is 3. The maximum atomic E-state index is 12.6. The van der Waals surface area contributed by atoms with Crippen LogP contribution >= 0.6 is 22.9 Å². The molecule has 0 aliphatic carbocycles. The van der Waals surface area contributed by atoms with Gasteiger partial charge < -0.3 is 14.8 Å². The number of benzene rings is 2. The minimum absolute atomic E-state index is 0.101. The van der Waals surface area contributed by atoms with E-state index in [1.807, 2.05) is 0 Å². The van der Waals surface area contributed by atoms with Gasteiger partial charge in [0.25, 0.3) is 5.91 Å². The fourth-order valence-corrected chi connectivity index (χ4v) is 3.56. The monoisotopic (exact) mass is 443 g/mol. The van der Waals surface area contributed by atoms with E-state index in [2.05, 4.69) is 5.32 Å². The highest BCUT2D eigenvalue weighted by atomic mass is 35.5. The SMILES string of the molecule is COc1cc(Cl)c(C)cc1NC(=O)COC(=O)c1ccccc1C(=O)c1cccs1. The van der Waals surface area contributed by atoms with Gasteiger partial charge in [0, 0.05) is 16.7 Å². The summed E-state index contributed by atoms with van der Waals surface area (Å²) in [6.45, 7) is 1.27. The van der Waals surface area contributed by atoms with E-state index in [0.717, 1.165) is 5.56 Å². The molecule has 0 bridgehead atoms. The first kappa shape index (κ1) is 21.5. The zero-order chi connectivity index (χ0) is 21.7. The standard InChI is InChI=1S/C22H18ClNO5S/c1-13-10-17(18(28-2)11-16(13)23)24-20(25)12-29-22(27)15-7-4-3-6-14(15)21(26)19-8-5-9-30-19/h3-11H,12H2,1-2H3,(H,24,25). The van der Waals surface area contributed by atoms with E-state index in [1.54, 1.807) is 54.8 Å². The van der Waals surface area contributed by atoms with Crippen LogP contribution in [0.4, 0.5) is 5.69 Å². The van der Waals surface area contributed by atoms with E-state index >= 15 is 0 Å². The Bertz CT molecular complexity index is 1090. The van der Waals surface area contributed by atoms with Crippen molar-refractivity contribution in [1.29, 1.82) is 0 Å². The van der Waals surface area contributed by atoms with Crippen LogP contribution in [0.25, 0.3) is 0 Å². The zero-order valence-electron chi connectivity index (χ0n) is 16.2. The number of rotatable bonds is 7. The molecule has 2 aromatic carbocycles. The van der Waals surface area contributed by atoms with Crippen molar-refractivity contribution in [3.63, 3.8) is 0 Å². The molecule has 3 rings (SSSR count). The lowest BCUT2D eigenvalue weighted by atomic mass is 10.0. The van der Waals surface area contributed by atoms with Gasteiger partial charge >= 0.3 is 5.97 Å². The Hall–Kier alpha value is -3.16. The zero-order valence-corrected chi connectivity index (χ0v) is 17.8. The van der Waals surface area contributed by atoms with Crippen LogP contribution in [0, 0.1) is 6.92 Å². The van der Waals surface area contributed by atoms with Crippen LogP contribution in [0.2, 0.25) is 5.02 Å². The fraction of sp³-hybridized carbons (Fsp3) is 0.136. The predicted molar refractivity (Wildman–Crippen MR) is 116 cm³/mol. The van der Waals surface area contributed by atoms with Gasteiger partial charge in [0.15, 0.2) is 6.61 Å². The highest BCUT2D eigenvalue weighted by Gasteiger charge is 2.20. The molecule has 6 nitrogen and oxygen atoms in total. The van der Waals surface area contributed by atoms with Crippen LogP contribution in [0.5, 0.6) is 5.75 Å². The molecule has 0 saturated heterocycles. The second-order valence-corrected chi connectivity index (χ2v) is 7.63. The Balaban J connectivity index is 1.69. The summed E-state index contributed by atoms with van der Waals surface area (Å²) in [5.74, 6) is -1.20. The average molecular weight is 444 g/mol. The minimum Gasteiger partial charge on any atom is -0.495 e. The first-order chi connectivity index (χ1) is 14.4. The molecule has 1 heterocycles. The van der Waals surface area contributed by atoms with Crippen LogP contribution in [0.15, 0.2) is 53.9 Å². The Morgan fingerprint density at radius 3 is 2.47 bits per heavy atom. The lowest BCUT2D eigenvalue weighted by Crippen LogP contribution is -2.22. The van der Waals surface area contributed by atoms with Crippen molar-refractivity contribution in [2.45, 2.75) is 6.92 Å². The predicted octanol–water partition coefficient (Wildman–Crippen LogP) is 4.75. The quantitative estimate of drug-likeness (QED) is 0.421. The second-order valence-electron chi connectivity index (χ2n) is 6.28. The van der Waals surface area contributed by atoms with Gasteiger partial charge in [0.2, 0.25) is 5.78 Å². The topological polar surface area (TPSA) is 81.7 Å². The summed E-state index contributed by atoms with van der Waals surface area (Å²) in [6.07, 6.45) is 0. The largest absolute Gasteiger partial charge is 0.495 e. The molecule has 0 aliphatic heterocycles. The molecular formula is C22H18ClNO5S. The lowest BCUT2D eigenvalue weighted by Gasteiger charge is -2.13. The van der Waals surface area contributed by atoms with E-state index in [4.69, 9.17) is 21.1 Å². The summed E-state index contributed by atoms with van der Waals surface area (Å²) < 4.78 is 10.3. The molecule has 1 N–H and O–H groups in total. The van der Waals surface area contributed by atoms with E-state index in [-0.39, 0.29) is 16.9 Å². The van der Waals surface area contributed by atoms with E-state index in [1.165, 1.54) is 24.5 Å². The average Bonchev–Trinajstić information content (AvgIpc) is 3.29. The van der Waals surface area contributed by atoms with Gasteiger partial charge in [-0.3, -0.25) is 9.59 Å². The number of thiophene rings is 1. The van der Waals surface area contributed by atoms with Gasteiger partial charge in [-0.2, -0.15) is 0 Å². The molecule has 0 fully saturated rings. The van der Waals surface area contributed by atoms with Crippen LogP contribution in [-0.4, -0.2) is 31.4 Å². The number of nitrogens with one attached hydrogen (secondary N) is 1. The molecule has 1 amide bonds. The maximum absolute atomic E-state index is 12.6. The number of esters is 1. The normalized spacial score (nSPS) is 10.4. The van der Waals surface area contributed by atoms with Gasteiger partial charge in [0.05, 0.1) is 23.2 Å². The Labute approximate surface area is 182 Å². The van der Waals surface area contributed by atoms with Gasteiger partial charge in [-0.15, -0.1) is 11.3 Å². The highest BCUT2D eigenvalue weighted by molar-refractivity contribution is 7.12. The molecule has 1 aromatic heterocycles. The number of hydrogen-bond donors (Lipinski definition) is 1. The number of aryl methyl sites for hydroxylation is 1. The molecule has 30 heavy (non-hydrogen) atoms. The van der Waals surface area contributed by atoms with Crippen molar-refractivity contribution >= 4 is 46.3 Å². The van der Waals surface area contributed by atoms with Crippen molar-refractivity contribution in [3.05, 3.63) is 80.5 Å². The van der Waals surface area contributed by atoms with Gasteiger partial charge in [-0.05, 0) is 36.1 Å². The number of carbonyl (C=O) groups excluding carboxylic acids is 3. The van der Waals surface area contributed by atoms with Crippen LogP contribution in [0.1, 0.15) is 31.2 Å². The third-order valence-corrected chi connectivity index (χ3v) is 5.50. The smallest absolute Gasteiger partial charge is 0.339 e. The summed E-state index contributed by atoms with van der Waals surface area (Å²) in [4.78, 5) is 38.0. The molecule has 0 saturated carbocycles. The minimum atomic E-state index is -0.759. The molecule has 0 unspecified atom stereocenters. The lowest BCUT2D eigenvalue weighted by molar-refractivity contribution is -0.119. The molecule has 3 aromatic rings. The number of ether oxygens (including phenoxy) is 2. The molecule has 0 spiro atoms. The first-order valence-corrected chi connectivity index (χ1v) is 10.1. The Morgan fingerprint density at radius 1 is 1.07 bits per heavy atom. The van der Waals surface area contributed by atoms with Crippen molar-refractivity contribution in [1.82, 2.24) is 0 Å². The van der Waals surface area contributed by atoms with E-state index in [9.17, 15) is 14.4 Å². The van der Waals surface area contributed by atoms with Crippen molar-refractivity contribution in [3.8, 4) is 5.75 Å². The Morgan fingerprint density at radius 2 is 1.80 bits per heavy atom. The summed E-state index contributed by atoms with van der Waals surface area (Å²) >= 11 is 7.34. The molecule has 154 valence electrons. The van der Waals surface area contributed by atoms with Gasteiger partial charge in [-0.25, -0.2) is 4.79 Å². The number of hydrogen-bond acceptors (Lipinski definition) is 6. The number of anilines is 1.